The average molecular weight is 608 g/mol. The summed E-state index contributed by atoms with van der Waals surface area (Å²) in [6.07, 6.45) is 4.45. The Morgan fingerprint density at radius 2 is 1.69 bits per heavy atom. The molecule has 0 saturated carbocycles. The van der Waals surface area contributed by atoms with Gasteiger partial charge in [0.15, 0.2) is 0 Å². The van der Waals surface area contributed by atoms with Gasteiger partial charge < -0.3 is 20.1 Å². The van der Waals surface area contributed by atoms with Gasteiger partial charge in [0.2, 0.25) is 0 Å². The predicted octanol–water partition coefficient (Wildman–Crippen LogP) is 7.28. The second-order valence-electron chi connectivity index (χ2n) is 10.5. The fraction of sp³-hybridized carbons (Fsp3) is 0.235. The molecule has 0 saturated heterocycles. The Kier molecular flexibility index (Phi) is 10.2. The molecule has 0 bridgehead atoms. The zero-order valence-electron chi connectivity index (χ0n) is 25.6. The van der Waals surface area contributed by atoms with Crippen molar-refractivity contribution >= 4 is 40.2 Å². The molecule has 0 aliphatic heterocycles. The quantitative estimate of drug-likeness (QED) is 0.110. The lowest BCUT2D eigenvalue weighted by molar-refractivity contribution is 0.198. The molecule has 0 fully saturated rings. The number of methoxy groups -OCH3 is 1. The van der Waals surface area contributed by atoms with Gasteiger partial charge in [0, 0.05) is 42.8 Å². The molecule has 0 radical (unpaired) electrons. The average Bonchev–Trinajstić information content (AvgIpc) is 3.44. The number of pyridine rings is 1. The number of unbranched alkanes of at least 4 members (excludes halogenated alkanes) is 1. The van der Waals surface area contributed by atoms with Crippen LogP contribution in [0.1, 0.15) is 31.0 Å². The van der Waals surface area contributed by atoms with Crippen LogP contribution in [0.2, 0.25) is 0 Å². The molecule has 0 aliphatic carbocycles. The van der Waals surface area contributed by atoms with Crippen LogP contribution in [0.4, 0.5) is 26.9 Å². The summed E-state index contributed by atoms with van der Waals surface area (Å²) in [5.41, 5.74) is 3.55. The van der Waals surface area contributed by atoms with E-state index in [2.05, 4.69) is 33.2 Å². The molecule has 2 aromatic heterocycles. The van der Waals surface area contributed by atoms with E-state index < -0.39 is 12.1 Å². The molecule has 5 aromatic rings. The summed E-state index contributed by atoms with van der Waals surface area (Å²) in [5, 5.41) is 17.7. The molecule has 0 unspecified atom stereocenters. The van der Waals surface area contributed by atoms with Gasteiger partial charge in [0.1, 0.15) is 23.1 Å². The largest absolute Gasteiger partial charge is 0.457 e. The van der Waals surface area contributed by atoms with Gasteiger partial charge in [-0.2, -0.15) is 5.10 Å². The van der Waals surface area contributed by atoms with Gasteiger partial charge >= 0.3 is 12.1 Å². The number of benzene rings is 3. The lowest BCUT2D eigenvalue weighted by Gasteiger charge is -2.15. The van der Waals surface area contributed by atoms with Crippen LogP contribution in [-0.4, -0.2) is 47.1 Å². The van der Waals surface area contributed by atoms with E-state index in [0.29, 0.717) is 42.0 Å². The molecule has 3 aromatic carbocycles. The molecule has 0 spiro atoms. The summed E-state index contributed by atoms with van der Waals surface area (Å²) < 4.78 is 12.9. The number of carbonyl (C=O) groups is 2. The minimum atomic E-state index is -0.394. The first kappa shape index (κ1) is 31.0. The zero-order chi connectivity index (χ0) is 31.6. The number of aromatic nitrogens is 3. The van der Waals surface area contributed by atoms with Crippen molar-refractivity contribution in [3.63, 3.8) is 0 Å². The highest BCUT2D eigenvalue weighted by Crippen LogP contribution is 2.35. The molecule has 4 amide bonds. The molecule has 0 aliphatic rings. The number of rotatable bonds is 12. The van der Waals surface area contributed by atoms with Crippen molar-refractivity contribution in [2.24, 2.45) is 0 Å². The smallest absolute Gasteiger partial charge is 0.324 e. The first-order valence-corrected chi connectivity index (χ1v) is 14.9. The van der Waals surface area contributed by atoms with Crippen LogP contribution in [-0.2, 0) is 11.2 Å². The molecule has 0 atom stereocenters. The minimum Gasteiger partial charge on any atom is -0.457 e. The summed E-state index contributed by atoms with van der Waals surface area (Å²) in [6, 6.07) is 23.7. The van der Waals surface area contributed by atoms with Crippen molar-refractivity contribution in [1.29, 1.82) is 0 Å². The van der Waals surface area contributed by atoms with Crippen molar-refractivity contribution in [3.8, 4) is 17.2 Å². The Balaban J connectivity index is 1.33. The number of ether oxygens (including phenoxy) is 2. The standard InChI is InChI=1S/C34H37N7O4/c1-4-5-8-24-21-32(41(40-24)25-13-11-23(2)12-14-25)39-34(43)37-29-15-16-30(28-10-7-6-9-27(28)29)45-26-17-18-35-31(22-26)38-33(42)36-19-20-44-3/h6-7,9-18,21-22H,4-5,8,19-20H2,1-3H3,(H2,37,39,43)(H2,35,36,38,42). The molecule has 11 heteroatoms. The third-order valence-corrected chi connectivity index (χ3v) is 6.99. The molecule has 4 N–H and O–H groups in total. The topological polar surface area (TPSA) is 131 Å². The van der Waals surface area contributed by atoms with E-state index in [1.54, 1.807) is 42.3 Å². The maximum absolute atomic E-state index is 13.3. The van der Waals surface area contributed by atoms with Crippen LogP contribution in [0.25, 0.3) is 16.5 Å². The maximum Gasteiger partial charge on any atom is 0.324 e. The van der Waals surface area contributed by atoms with Crippen LogP contribution in [0.15, 0.2) is 85.1 Å². The number of urea groups is 2. The van der Waals surface area contributed by atoms with Crippen molar-refractivity contribution in [2.45, 2.75) is 33.1 Å². The van der Waals surface area contributed by atoms with Crippen LogP contribution in [0.5, 0.6) is 11.5 Å². The Morgan fingerprint density at radius 1 is 0.889 bits per heavy atom. The third kappa shape index (κ3) is 8.15. The van der Waals surface area contributed by atoms with E-state index in [1.807, 2.05) is 61.5 Å². The van der Waals surface area contributed by atoms with E-state index in [9.17, 15) is 9.59 Å². The highest BCUT2D eigenvalue weighted by atomic mass is 16.5. The molecule has 5 rings (SSSR count). The van der Waals surface area contributed by atoms with E-state index in [4.69, 9.17) is 14.6 Å². The van der Waals surface area contributed by atoms with E-state index in [0.717, 1.165) is 47.0 Å². The summed E-state index contributed by atoms with van der Waals surface area (Å²) in [7, 11) is 1.57. The predicted molar refractivity (Wildman–Crippen MR) is 177 cm³/mol. The first-order valence-electron chi connectivity index (χ1n) is 14.9. The number of hydrogen-bond donors (Lipinski definition) is 4. The Morgan fingerprint density at radius 3 is 2.47 bits per heavy atom. The molecule has 45 heavy (non-hydrogen) atoms. The van der Waals surface area contributed by atoms with Gasteiger partial charge in [0.05, 0.1) is 23.7 Å². The Bertz CT molecular complexity index is 1770. The van der Waals surface area contributed by atoms with Gasteiger partial charge in [0.25, 0.3) is 0 Å². The number of nitrogens with one attached hydrogen (secondary N) is 4. The second-order valence-corrected chi connectivity index (χ2v) is 10.5. The van der Waals surface area contributed by atoms with Crippen LogP contribution >= 0.6 is 0 Å². The highest BCUT2D eigenvalue weighted by molar-refractivity contribution is 6.07. The zero-order valence-corrected chi connectivity index (χ0v) is 25.6. The summed E-state index contributed by atoms with van der Waals surface area (Å²) in [6.45, 7) is 4.95. The fourth-order valence-corrected chi connectivity index (χ4v) is 4.72. The number of aryl methyl sites for hydroxylation is 2. The molecule has 2 heterocycles. The highest BCUT2D eigenvalue weighted by Gasteiger charge is 2.15. The number of carbonyl (C=O) groups excluding carboxylic acids is 2. The van der Waals surface area contributed by atoms with Gasteiger partial charge in [-0.3, -0.25) is 10.6 Å². The monoisotopic (exact) mass is 607 g/mol. The number of nitrogens with zero attached hydrogens (tertiary/aromatic N) is 3. The van der Waals surface area contributed by atoms with Crippen molar-refractivity contribution < 1.29 is 19.1 Å². The van der Waals surface area contributed by atoms with Gasteiger partial charge in [-0.05, 0) is 50.1 Å². The Labute approximate surface area is 262 Å². The third-order valence-electron chi connectivity index (χ3n) is 6.99. The lowest BCUT2D eigenvalue weighted by Crippen LogP contribution is -2.31. The SMILES string of the molecule is CCCCc1cc(NC(=O)Nc2ccc(Oc3ccnc(NC(=O)NCCOC)c3)c3ccccc23)n(-c2ccc(C)cc2)n1. The van der Waals surface area contributed by atoms with E-state index in [-0.39, 0.29) is 0 Å². The minimum absolute atomic E-state index is 0.337. The first-order chi connectivity index (χ1) is 21.9. The van der Waals surface area contributed by atoms with Gasteiger partial charge in [-0.1, -0.05) is 55.3 Å². The maximum atomic E-state index is 13.3. The van der Waals surface area contributed by atoms with Crippen LogP contribution < -0.4 is 26.0 Å². The van der Waals surface area contributed by atoms with E-state index >= 15 is 0 Å². The van der Waals surface area contributed by atoms with Crippen molar-refractivity contribution in [1.82, 2.24) is 20.1 Å². The van der Waals surface area contributed by atoms with Crippen molar-refractivity contribution in [2.75, 3.05) is 36.2 Å². The van der Waals surface area contributed by atoms with E-state index in [1.165, 1.54) is 0 Å². The second kappa shape index (κ2) is 14.8. The number of anilines is 3. The van der Waals surface area contributed by atoms with Gasteiger partial charge in [-0.25, -0.2) is 19.3 Å². The molecule has 11 nitrogen and oxygen atoms in total. The molecular weight excluding hydrogens is 570 g/mol. The summed E-state index contributed by atoms with van der Waals surface area (Å²) in [5.74, 6) is 1.99. The molecule has 232 valence electrons. The number of hydrogen-bond acceptors (Lipinski definition) is 6. The van der Waals surface area contributed by atoms with Crippen LogP contribution in [0, 0.1) is 6.92 Å². The summed E-state index contributed by atoms with van der Waals surface area (Å²) >= 11 is 0. The van der Waals surface area contributed by atoms with Gasteiger partial charge in [-0.15, -0.1) is 0 Å². The lowest BCUT2D eigenvalue weighted by atomic mass is 10.1. The number of amides is 4. The van der Waals surface area contributed by atoms with Crippen molar-refractivity contribution in [3.05, 3.63) is 96.3 Å². The normalized spacial score (nSPS) is 10.8. The number of fused-ring (bicyclic) bond motifs is 1. The van der Waals surface area contributed by atoms with Crippen LogP contribution in [0.3, 0.4) is 0 Å². The fourth-order valence-electron chi connectivity index (χ4n) is 4.72. The molecular formula is C34H37N7O4. The Hall–Kier alpha value is -5.42. The summed E-state index contributed by atoms with van der Waals surface area (Å²) in [4.78, 5) is 29.6.